The molecular formula is C29H47NO8SSi2. The maximum Gasteiger partial charge on any atom is 0.401 e. The van der Waals surface area contributed by atoms with Gasteiger partial charge in [-0.2, -0.15) is 8.42 Å². The highest BCUT2D eigenvalue weighted by atomic mass is 32.2. The molecule has 1 aliphatic carbocycles. The summed E-state index contributed by atoms with van der Waals surface area (Å²) in [7, 11) is -9.02. The highest BCUT2D eigenvalue weighted by Gasteiger charge is 2.56. The van der Waals surface area contributed by atoms with Gasteiger partial charge in [-0.15, -0.1) is 0 Å². The van der Waals surface area contributed by atoms with Gasteiger partial charge in [0.15, 0.2) is 28.8 Å². The van der Waals surface area contributed by atoms with Crippen molar-refractivity contribution in [2.75, 3.05) is 6.61 Å². The van der Waals surface area contributed by atoms with Gasteiger partial charge in [-0.1, -0.05) is 63.6 Å². The van der Waals surface area contributed by atoms with Crippen LogP contribution < -0.4 is 0 Å². The van der Waals surface area contributed by atoms with E-state index in [2.05, 4.69) is 72.1 Å². The van der Waals surface area contributed by atoms with Crippen molar-refractivity contribution >= 4 is 38.7 Å². The number of aryl methyl sites for hydroxylation is 1. The van der Waals surface area contributed by atoms with Gasteiger partial charge in [-0.3, -0.25) is 0 Å². The average Bonchev–Trinajstić information content (AvgIpc) is 3.20. The van der Waals surface area contributed by atoms with Crippen LogP contribution in [0.25, 0.3) is 0 Å². The maximum atomic E-state index is 13.3. The molecule has 3 rings (SSSR count). The van der Waals surface area contributed by atoms with Crippen molar-refractivity contribution in [1.29, 1.82) is 0 Å². The third-order valence-electron chi connectivity index (χ3n) is 8.56. The van der Waals surface area contributed by atoms with Crippen molar-refractivity contribution in [2.45, 2.75) is 121 Å². The fraction of sp³-hybridized carbons (Fsp3) is 0.655. The molecule has 1 aromatic rings. The van der Waals surface area contributed by atoms with Crippen LogP contribution in [0.3, 0.4) is 0 Å². The first-order valence-corrected chi connectivity index (χ1v) is 21.3. The van der Waals surface area contributed by atoms with Gasteiger partial charge in [-0.05, 0) is 68.3 Å². The number of carbonyl (C=O) groups excluding carboxylic acids is 1. The molecule has 0 amide bonds. The molecule has 41 heavy (non-hydrogen) atoms. The number of esters is 1. The Morgan fingerprint density at radius 1 is 0.927 bits per heavy atom. The van der Waals surface area contributed by atoms with E-state index in [1.54, 1.807) is 25.1 Å². The second kappa shape index (κ2) is 11.6. The molecule has 2 aliphatic rings. The normalized spacial score (nSPS) is 24.8. The number of nitrogens with zero attached hydrogens (tertiary/aromatic N) is 1. The topological polar surface area (TPSA) is 110 Å². The molecule has 0 radical (unpaired) electrons. The number of benzene rings is 1. The predicted octanol–water partition coefficient (Wildman–Crippen LogP) is 6.11. The Bertz CT molecular complexity index is 1290. The standard InChI is InChI=1S/C29H47NO8SSi2/c1-13-34-26(31)21-18-22-24(36-27(35-22)30-39(32,33)20-16-14-19(2)15-17-20)25(38-41(11,12)29(6,7)8)23(21)37-40(9,10)28(3,4)5/h14-18,22-25H,13H2,1-12H3/b30-27+/t22-,23+,24-,25-/m0/s1. The number of fused-ring (bicyclic) bond motifs is 1. The zero-order chi connectivity index (χ0) is 31.2. The Balaban J connectivity index is 2.13. The van der Waals surface area contributed by atoms with Crippen LogP contribution >= 0.6 is 0 Å². The minimum Gasteiger partial charge on any atom is -0.463 e. The van der Waals surface area contributed by atoms with E-state index < -0.39 is 63.1 Å². The Morgan fingerprint density at radius 2 is 1.46 bits per heavy atom. The summed E-state index contributed by atoms with van der Waals surface area (Å²) in [5.41, 5.74) is 1.21. The van der Waals surface area contributed by atoms with E-state index in [0.717, 1.165) is 5.56 Å². The van der Waals surface area contributed by atoms with Crippen molar-refractivity contribution in [3.05, 3.63) is 41.5 Å². The molecule has 0 N–H and O–H groups in total. The van der Waals surface area contributed by atoms with Crippen LogP contribution in [0.4, 0.5) is 0 Å². The van der Waals surface area contributed by atoms with Crippen molar-refractivity contribution in [3.63, 3.8) is 0 Å². The molecule has 1 saturated heterocycles. The lowest BCUT2D eigenvalue weighted by Crippen LogP contribution is -2.59. The lowest BCUT2D eigenvalue weighted by atomic mass is 9.89. The summed E-state index contributed by atoms with van der Waals surface area (Å²) in [4.78, 5) is 13.4. The van der Waals surface area contributed by atoms with Crippen molar-refractivity contribution in [2.24, 2.45) is 4.40 Å². The van der Waals surface area contributed by atoms with Crippen LogP contribution in [-0.4, -0.2) is 68.1 Å². The summed E-state index contributed by atoms with van der Waals surface area (Å²) in [5, 5.41) is -0.326. The molecular weight excluding hydrogens is 579 g/mol. The first-order valence-electron chi connectivity index (χ1n) is 14.1. The van der Waals surface area contributed by atoms with Gasteiger partial charge in [-0.25, -0.2) is 4.79 Å². The van der Waals surface area contributed by atoms with Gasteiger partial charge in [0.25, 0.3) is 10.0 Å². The number of hydrogen-bond donors (Lipinski definition) is 0. The summed E-state index contributed by atoms with van der Waals surface area (Å²) in [5.74, 6) is -0.528. The van der Waals surface area contributed by atoms with Gasteiger partial charge in [0.05, 0.1) is 17.1 Å². The summed E-state index contributed by atoms with van der Waals surface area (Å²) < 4.78 is 61.4. The highest BCUT2D eigenvalue weighted by molar-refractivity contribution is 7.90. The van der Waals surface area contributed by atoms with E-state index in [4.69, 9.17) is 23.1 Å². The number of hydrogen-bond acceptors (Lipinski definition) is 8. The molecule has 0 unspecified atom stereocenters. The molecule has 1 aliphatic heterocycles. The second-order valence-electron chi connectivity index (χ2n) is 13.8. The first kappa shape index (κ1) is 33.5. The summed E-state index contributed by atoms with van der Waals surface area (Å²) in [6, 6.07) is 6.37. The molecule has 230 valence electrons. The first-order chi connectivity index (χ1) is 18.6. The molecule has 1 fully saturated rings. The quantitative estimate of drug-likeness (QED) is 0.252. The molecule has 1 aromatic carbocycles. The molecule has 0 saturated carbocycles. The largest absolute Gasteiger partial charge is 0.463 e. The van der Waals surface area contributed by atoms with E-state index in [1.807, 2.05) is 6.92 Å². The van der Waals surface area contributed by atoms with E-state index in [1.165, 1.54) is 12.1 Å². The zero-order valence-corrected chi connectivity index (χ0v) is 29.3. The number of sulfonamides is 1. The SMILES string of the molecule is CCOC(=O)C1=C[C@@H]2O/C(=N\S(=O)(=O)c3ccc(C)cc3)O[C@@H]2[C@@H](O[Si](C)(C)C(C)(C)C)[C@@H]1O[Si](C)(C)C(C)(C)C. The van der Waals surface area contributed by atoms with Crippen LogP contribution in [0.2, 0.25) is 36.3 Å². The summed E-state index contributed by atoms with van der Waals surface area (Å²) in [6.07, 6.45) is -1.96. The Hall–Kier alpha value is -2.00. The van der Waals surface area contributed by atoms with Crippen LogP contribution in [0.5, 0.6) is 0 Å². The average molecular weight is 626 g/mol. The van der Waals surface area contributed by atoms with Gasteiger partial charge in [0.1, 0.15) is 12.2 Å². The van der Waals surface area contributed by atoms with Crippen LogP contribution in [0.1, 0.15) is 54.0 Å². The van der Waals surface area contributed by atoms with Gasteiger partial charge in [0, 0.05) is 0 Å². The molecule has 0 bridgehead atoms. The highest BCUT2D eigenvalue weighted by Crippen LogP contribution is 2.45. The molecule has 1 heterocycles. The fourth-order valence-corrected chi connectivity index (χ4v) is 7.38. The Kier molecular flexibility index (Phi) is 9.47. The molecule has 4 atom stereocenters. The maximum absolute atomic E-state index is 13.3. The van der Waals surface area contributed by atoms with Crippen LogP contribution in [-0.2, 0) is 37.9 Å². The Morgan fingerprint density at radius 3 is 1.98 bits per heavy atom. The van der Waals surface area contributed by atoms with Gasteiger partial charge < -0.3 is 23.1 Å². The number of rotatable bonds is 8. The Labute approximate surface area is 248 Å². The van der Waals surface area contributed by atoms with Gasteiger partial charge in [0.2, 0.25) is 0 Å². The zero-order valence-electron chi connectivity index (χ0n) is 26.5. The van der Waals surface area contributed by atoms with E-state index >= 15 is 0 Å². The van der Waals surface area contributed by atoms with Crippen LogP contribution in [0, 0.1) is 6.92 Å². The van der Waals surface area contributed by atoms with Gasteiger partial charge >= 0.3 is 12.1 Å². The lowest BCUT2D eigenvalue weighted by Gasteiger charge is -2.47. The predicted molar refractivity (Wildman–Crippen MR) is 164 cm³/mol. The summed E-state index contributed by atoms with van der Waals surface area (Å²) >= 11 is 0. The lowest BCUT2D eigenvalue weighted by molar-refractivity contribution is -0.141. The van der Waals surface area contributed by atoms with Crippen molar-refractivity contribution < 1.29 is 36.3 Å². The molecule has 12 heteroatoms. The molecule has 9 nitrogen and oxygen atoms in total. The summed E-state index contributed by atoms with van der Waals surface area (Å²) in [6.45, 7) is 25.0. The minimum atomic E-state index is -4.11. The van der Waals surface area contributed by atoms with E-state index in [-0.39, 0.29) is 27.2 Å². The van der Waals surface area contributed by atoms with Crippen LogP contribution in [0.15, 0.2) is 45.2 Å². The third-order valence-corrected chi connectivity index (χ3v) is 18.7. The van der Waals surface area contributed by atoms with E-state index in [9.17, 15) is 13.2 Å². The smallest absolute Gasteiger partial charge is 0.401 e. The third kappa shape index (κ3) is 7.33. The van der Waals surface area contributed by atoms with Crippen molar-refractivity contribution in [3.8, 4) is 0 Å². The number of ether oxygens (including phenoxy) is 3. The second-order valence-corrected chi connectivity index (χ2v) is 24.9. The monoisotopic (exact) mass is 625 g/mol. The fourth-order valence-electron chi connectivity index (χ4n) is 3.97. The molecule has 0 aromatic heterocycles. The number of carbonyl (C=O) groups is 1. The minimum absolute atomic E-state index is 0.0219. The molecule has 0 spiro atoms. The van der Waals surface area contributed by atoms with E-state index in [0.29, 0.717) is 0 Å². The van der Waals surface area contributed by atoms with Crippen molar-refractivity contribution in [1.82, 2.24) is 0 Å².